The molecule has 2 N–H and O–H groups in total. The van der Waals surface area contributed by atoms with Crippen LogP contribution in [-0.2, 0) is 4.74 Å². The number of benzene rings is 3. The Hall–Kier alpha value is -4.76. The summed E-state index contributed by atoms with van der Waals surface area (Å²) in [6.07, 6.45) is 0.0220. The molecular weight excluding hydrogens is 454 g/mol. The van der Waals surface area contributed by atoms with Gasteiger partial charge in [0.2, 0.25) is 5.76 Å². The van der Waals surface area contributed by atoms with E-state index in [1.165, 1.54) is 28.3 Å². The van der Waals surface area contributed by atoms with Crippen LogP contribution in [0.15, 0.2) is 89.3 Å². The second-order valence-corrected chi connectivity index (χ2v) is 8.35. The van der Waals surface area contributed by atoms with Crippen LogP contribution in [-0.4, -0.2) is 30.3 Å². The molecule has 6 nitrogen and oxygen atoms in total. The van der Waals surface area contributed by atoms with Crippen molar-refractivity contribution in [3.05, 3.63) is 107 Å². The van der Waals surface area contributed by atoms with Crippen molar-refractivity contribution in [1.29, 1.82) is 0 Å². The minimum Gasteiger partial charge on any atom is -0.475 e. The number of rotatable bonds is 6. The van der Waals surface area contributed by atoms with E-state index >= 15 is 0 Å². The van der Waals surface area contributed by atoms with Crippen molar-refractivity contribution in [3.63, 3.8) is 0 Å². The molecule has 1 aliphatic carbocycles. The molecule has 1 amide bonds. The molecule has 0 aliphatic heterocycles. The third-order valence-electron chi connectivity index (χ3n) is 6.08. The van der Waals surface area contributed by atoms with Crippen molar-refractivity contribution in [1.82, 2.24) is 5.32 Å². The molecule has 0 saturated heterocycles. The van der Waals surface area contributed by atoms with Gasteiger partial charge in [0.25, 0.3) is 0 Å². The average Bonchev–Trinajstić information content (AvgIpc) is 3.52. The van der Waals surface area contributed by atoms with E-state index in [0.29, 0.717) is 18.7 Å². The number of ether oxygens (including phenoxy) is 1. The second-order valence-electron chi connectivity index (χ2n) is 8.35. The molecular formula is C30H23NO5. The highest BCUT2D eigenvalue weighted by Gasteiger charge is 2.28. The van der Waals surface area contributed by atoms with Gasteiger partial charge in [-0.15, -0.1) is 0 Å². The minimum atomic E-state index is -1.10. The van der Waals surface area contributed by atoms with Crippen molar-refractivity contribution in [2.75, 3.05) is 13.2 Å². The molecule has 4 aromatic rings. The predicted octanol–water partition coefficient (Wildman–Crippen LogP) is 5.93. The number of carbonyl (C=O) groups excluding carboxylic acids is 1. The maximum Gasteiger partial charge on any atom is 0.407 e. The van der Waals surface area contributed by atoms with Crippen LogP contribution >= 0.6 is 0 Å². The maximum absolute atomic E-state index is 12.2. The fourth-order valence-electron chi connectivity index (χ4n) is 4.37. The highest BCUT2D eigenvalue weighted by molar-refractivity contribution is 5.85. The maximum atomic E-state index is 12.2. The van der Waals surface area contributed by atoms with Gasteiger partial charge in [0.15, 0.2) is 0 Å². The van der Waals surface area contributed by atoms with Crippen LogP contribution in [0.3, 0.4) is 0 Å². The van der Waals surface area contributed by atoms with Gasteiger partial charge in [-0.3, -0.25) is 0 Å². The fourth-order valence-corrected chi connectivity index (χ4v) is 4.37. The summed E-state index contributed by atoms with van der Waals surface area (Å²) in [5, 5.41) is 11.7. The van der Waals surface area contributed by atoms with Crippen molar-refractivity contribution >= 4 is 12.1 Å². The first-order valence-corrected chi connectivity index (χ1v) is 11.6. The SMILES string of the molecule is O=C(NCCC#Cc1ccc(-c2ccc(C(=O)O)o2)cc1)OCC1c2ccccc2-c2ccccc21. The van der Waals surface area contributed by atoms with Crippen molar-refractivity contribution < 1.29 is 23.8 Å². The first kappa shape index (κ1) is 23.0. The van der Waals surface area contributed by atoms with E-state index in [9.17, 15) is 9.59 Å². The van der Waals surface area contributed by atoms with Gasteiger partial charge in [0.1, 0.15) is 12.4 Å². The highest BCUT2D eigenvalue weighted by atomic mass is 16.5. The van der Waals surface area contributed by atoms with E-state index in [1.807, 2.05) is 48.5 Å². The van der Waals surface area contributed by atoms with Gasteiger partial charge in [-0.25, -0.2) is 9.59 Å². The smallest absolute Gasteiger partial charge is 0.407 e. The van der Waals surface area contributed by atoms with Gasteiger partial charge >= 0.3 is 12.1 Å². The van der Waals surface area contributed by atoms with E-state index < -0.39 is 12.1 Å². The molecule has 6 heteroatoms. The zero-order valence-electron chi connectivity index (χ0n) is 19.4. The van der Waals surface area contributed by atoms with Crippen LogP contribution in [0.2, 0.25) is 0 Å². The first-order chi connectivity index (χ1) is 17.6. The van der Waals surface area contributed by atoms with Crippen LogP contribution in [0.25, 0.3) is 22.5 Å². The van der Waals surface area contributed by atoms with Gasteiger partial charge in [0.05, 0.1) is 0 Å². The van der Waals surface area contributed by atoms with Crippen LogP contribution in [0.1, 0.15) is 39.6 Å². The lowest BCUT2D eigenvalue weighted by Gasteiger charge is -2.14. The number of carbonyl (C=O) groups is 2. The number of nitrogens with one attached hydrogen (secondary N) is 1. The van der Waals surface area contributed by atoms with Crippen LogP contribution in [0, 0.1) is 11.8 Å². The first-order valence-electron chi connectivity index (χ1n) is 11.6. The third-order valence-corrected chi connectivity index (χ3v) is 6.08. The van der Waals surface area contributed by atoms with E-state index in [2.05, 4.69) is 41.4 Å². The number of fused-ring (bicyclic) bond motifs is 3. The van der Waals surface area contributed by atoms with Crippen LogP contribution in [0.4, 0.5) is 4.79 Å². The summed E-state index contributed by atoms with van der Waals surface area (Å²) in [4.78, 5) is 23.2. The lowest BCUT2D eigenvalue weighted by Crippen LogP contribution is -2.26. The van der Waals surface area contributed by atoms with Gasteiger partial charge in [-0.1, -0.05) is 72.5 Å². The van der Waals surface area contributed by atoms with E-state index in [4.69, 9.17) is 14.3 Å². The number of carboxylic acids is 1. The van der Waals surface area contributed by atoms with Crippen LogP contribution in [0.5, 0.6) is 0 Å². The minimum absolute atomic E-state index is 0.0304. The summed E-state index contributed by atoms with van der Waals surface area (Å²) in [7, 11) is 0. The molecule has 1 heterocycles. The van der Waals surface area contributed by atoms with Crippen LogP contribution < -0.4 is 5.32 Å². The molecule has 0 radical (unpaired) electrons. The number of carboxylic acid groups (broad SMARTS) is 1. The molecule has 3 aromatic carbocycles. The normalized spacial score (nSPS) is 11.7. The Bertz CT molecular complexity index is 1430. The zero-order valence-corrected chi connectivity index (χ0v) is 19.4. The number of hydrogen-bond donors (Lipinski definition) is 2. The number of furan rings is 1. The average molecular weight is 478 g/mol. The number of hydrogen-bond acceptors (Lipinski definition) is 4. The summed E-state index contributed by atoms with van der Waals surface area (Å²) in [5.74, 6) is 5.40. The van der Waals surface area contributed by atoms with Crippen molar-refractivity contribution in [2.24, 2.45) is 0 Å². The molecule has 36 heavy (non-hydrogen) atoms. The second kappa shape index (κ2) is 10.2. The Balaban J connectivity index is 1.09. The molecule has 0 saturated carbocycles. The Morgan fingerprint density at radius 1 is 0.889 bits per heavy atom. The number of alkyl carbamates (subject to hydrolysis) is 1. The summed E-state index contributed by atoms with van der Waals surface area (Å²) in [5.41, 5.74) is 6.32. The summed E-state index contributed by atoms with van der Waals surface area (Å²) < 4.78 is 10.8. The van der Waals surface area contributed by atoms with Gasteiger partial charge < -0.3 is 19.6 Å². The molecule has 0 unspecified atom stereocenters. The Labute approximate surface area is 208 Å². The van der Waals surface area contributed by atoms with E-state index in [-0.39, 0.29) is 18.3 Å². The van der Waals surface area contributed by atoms with Gasteiger partial charge in [-0.2, -0.15) is 0 Å². The predicted molar refractivity (Wildman–Crippen MR) is 136 cm³/mol. The zero-order chi connectivity index (χ0) is 24.9. The quantitative estimate of drug-likeness (QED) is 0.266. The lowest BCUT2D eigenvalue weighted by molar-refractivity contribution is 0.0663. The summed E-state index contributed by atoms with van der Waals surface area (Å²) in [6.45, 7) is 0.660. The highest BCUT2D eigenvalue weighted by Crippen LogP contribution is 2.44. The summed E-state index contributed by atoms with van der Waals surface area (Å²) in [6, 6.07) is 26.8. The molecule has 0 atom stereocenters. The fraction of sp³-hybridized carbons (Fsp3) is 0.133. The van der Waals surface area contributed by atoms with Gasteiger partial charge in [-0.05, 0) is 46.5 Å². The Morgan fingerprint density at radius 2 is 1.56 bits per heavy atom. The largest absolute Gasteiger partial charge is 0.475 e. The lowest BCUT2D eigenvalue weighted by atomic mass is 9.98. The van der Waals surface area contributed by atoms with E-state index in [1.54, 1.807) is 6.07 Å². The number of aromatic carboxylic acids is 1. The van der Waals surface area contributed by atoms with Crippen molar-refractivity contribution in [2.45, 2.75) is 12.3 Å². The molecule has 0 spiro atoms. The van der Waals surface area contributed by atoms with Crippen molar-refractivity contribution in [3.8, 4) is 34.3 Å². The molecule has 1 aliphatic rings. The Morgan fingerprint density at radius 3 is 2.19 bits per heavy atom. The summed E-state index contributed by atoms with van der Waals surface area (Å²) >= 11 is 0. The van der Waals surface area contributed by atoms with Gasteiger partial charge in [0, 0.05) is 30.0 Å². The molecule has 1 aromatic heterocycles. The van der Waals surface area contributed by atoms with E-state index in [0.717, 1.165) is 11.1 Å². The molecule has 0 bridgehead atoms. The molecule has 5 rings (SSSR count). The molecule has 178 valence electrons. The number of amides is 1. The standard InChI is InChI=1S/C30H23NO5/c32-29(33)28-17-16-27(36-28)21-14-12-20(13-15-21)7-5-6-18-31-30(34)35-19-26-24-10-3-1-8-22(24)23-9-2-4-11-25(23)26/h1-4,8-17,26H,6,18-19H2,(H,31,34)(H,32,33). The topological polar surface area (TPSA) is 88.8 Å². The monoisotopic (exact) mass is 477 g/mol. The third kappa shape index (κ3) is 4.86. The molecule has 0 fully saturated rings. The Kier molecular flexibility index (Phi) is 6.55.